The summed E-state index contributed by atoms with van der Waals surface area (Å²) in [5, 5.41) is 9.34. The Morgan fingerprint density at radius 3 is 1.57 bits per heavy atom. The van der Waals surface area contributed by atoms with Crippen LogP contribution in [-0.2, 0) is 23.9 Å². The predicted octanol–water partition coefficient (Wildman–Crippen LogP) is 16.5. The molecule has 5 atom stereocenters. The molecule has 0 aromatic heterocycles. The molecule has 1 saturated carbocycles. The van der Waals surface area contributed by atoms with Crippen LogP contribution in [-0.4, -0.2) is 80.2 Å². The van der Waals surface area contributed by atoms with Crippen molar-refractivity contribution in [3.63, 3.8) is 0 Å². The molecule has 0 amide bonds. The minimum absolute atomic E-state index is 0.0272. The SMILES string of the molecule is CC(C)=CCC/C(C)=C/C=C1\C(=O)C(=O)c2ccccc2C1=O.CC(C)=CCCC(C)=CC=O.CC(C)=CCCC1(C)C=CC2=C(O1)C(=O)c1ccccc1C2=O.CC1(C)C2CC[C@@]3(C)O[C@@]14C(=O)c1ccccc1C(=O)C4=CC23.O=C1C=C(O)c2ccccc2C1=O. The molecule has 4 bridgehead atoms. The number of carbonyl (C=O) groups is 10. The van der Waals surface area contributed by atoms with Gasteiger partial charge in [0.25, 0.3) is 0 Å². The molecule has 3 aliphatic heterocycles. The normalized spacial score (nSPS) is 23.5. The van der Waals surface area contributed by atoms with Crippen LogP contribution < -0.4 is 0 Å². The summed E-state index contributed by atoms with van der Waals surface area (Å²) < 4.78 is 12.6. The summed E-state index contributed by atoms with van der Waals surface area (Å²) in [5.74, 6) is -2.65. The van der Waals surface area contributed by atoms with Crippen LogP contribution in [0.25, 0.3) is 5.76 Å². The van der Waals surface area contributed by atoms with Crippen molar-refractivity contribution in [2.24, 2.45) is 17.3 Å². The number of aliphatic hydroxyl groups is 1. The maximum Gasteiger partial charge on any atom is 0.237 e. The van der Waals surface area contributed by atoms with Gasteiger partial charge in [-0.3, -0.25) is 47.9 Å². The third kappa shape index (κ3) is 14.3. The Hall–Kier alpha value is -9.46. The van der Waals surface area contributed by atoms with Crippen LogP contribution in [0.4, 0.5) is 0 Å². The Balaban J connectivity index is 0.000000154. The number of ether oxygens (including phenoxy) is 2. The molecule has 3 unspecified atom stereocenters. The summed E-state index contributed by atoms with van der Waals surface area (Å²) in [6.07, 6.45) is 26.3. The summed E-state index contributed by atoms with van der Waals surface area (Å²) in [6, 6.07) is 27.0. The van der Waals surface area contributed by atoms with E-state index < -0.39 is 34.3 Å². The number of benzene rings is 4. The summed E-state index contributed by atoms with van der Waals surface area (Å²) in [7, 11) is 0. The van der Waals surface area contributed by atoms with Gasteiger partial charge in [-0.15, -0.1) is 0 Å². The Kier molecular flexibility index (Phi) is 21.3. The number of Topliss-reactive ketones (excluding diaryl/α,β-unsaturated/α-hetero) is 8. The van der Waals surface area contributed by atoms with E-state index in [-0.39, 0.29) is 74.1 Å². The molecule has 1 spiro atoms. The number of allylic oxidation sites excluding steroid dienone is 16. The standard InChI is InChI=1S/3C20H20O3.C10H6O3.C10H16O/c1-18(2)13-8-9-19(3)14(13)10-15-16(21)11-6-4-5-7-12(11)17(22)20(15,18)23-19;1-13(2)7-6-11-20(3)12-10-16-17(21)14-8-4-5-9-15(14)18(22)19(16)23-20;1-13(2)7-6-8-14(3)11-12-17-18(21)15-9-4-5-10-16(15)19(22)20(17)23;11-8-5-9(12)10(13)7-4-2-1-3-6(7)8;1-9(2)5-4-6-10(3)7-8-11/h4-7,10,13-14H,8-9H2,1-3H3;4-5,7-10,12H,6,11H2,1-3H3;4-5,7,9-12H,6,8H2,1-3H3;1-5,11H;5,7-8H,4,6H2,1-3H3/b;;14-11+,17-12-;;/t13?,14?,19-,20+;;;;/m1..../s1. The van der Waals surface area contributed by atoms with E-state index in [1.807, 2.05) is 52.8 Å². The predicted molar refractivity (Wildman–Crippen MR) is 360 cm³/mol. The third-order valence-corrected chi connectivity index (χ3v) is 18.4. The van der Waals surface area contributed by atoms with E-state index in [9.17, 15) is 53.1 Å². The lowest BCUT2D eigenvalue weighted by Crippen LogP contribution is -2.71. The highest BCUT2D eigenvalue weighted by molar-refractivity contribution is 6.59. The van der Waals surface area contributed by atoms with Gasteiger partial charge in [-0.2, -0.15) is 0 Å². The second kappa shape index (κ2) is 28.6. The molecule has 1 N–H and O–H groups in total. The molecular weight excluding hydrogens is 1170 g/mol. The highest BCUT2D eigenvalue weighted by Gasteiger charge is 2.74. The molecule has 480 valence electrons. The number of hydrogen-bond donors (Lipinski definition) is 1. The van der Waals surface area contributed by atoms with Gasteiger partial charge in [0.2, 0.25) is 34.7 Å². The molecule has 4 aromatic rings. The smallest absolute Gasteiger partial charge is 0.237 e. The molecule has 13 rings (SSSR count). The molecule has 13 nitrogen and oxygen atoms in total. The highest BCUT2D eigenvalue weighted by Crippen LogP contribution is 2.69. The monoisotopic (exact) mass is 1250 g/mol. The Morgan fingerprint density at radius 2 is 1.02 bits per heavy atom. The average molecular weight is 1250 g/mol. The molecule has 4 aromatic carbocycles. The lowest BCUT2D eigenvalue weighted by Gasteiger charge is -2.62. The molecule has 93 heavy (non-hydrogen) atoms. The van der Waals surface area contributed by atoms with E-state index in [1.165, 1.54) is 34.9 Å². The van der Waals surface area contributed by atoms with Gasteiger partial charge < -0.3 is 14.6 Å². The maximum absolute atomic E-state index is 13.5. The third-order valence-electron chi connectivity index (χ3n) is 18.4. The quantitative estimate of drug-likeness (QED) is 0.0488. The van der Waals surface area contributed by atoms with Crippen molar-refractivity contribution in [3.05, 3.63) is 253 Å². The van der Waals surface area contributed by atoms with Gasteiger partial charge in [0.05, 0.1) is 16.7 Å². The van der Waals surface area contributed by atoms with E-state index in [0.29, 0.717) is 50.4 Å². The number of fused-ring (bicyclic) bond motifs is 4. The average Bonchev–Trinajstić information content (AvgIpc) is 1.64. The number of aldehydes is 1. The molecule has 2 fully saturated rings. The first-order chi connectivity index (χ1) is 44.0. The molecule has 1 saturated heterocycles. The van der Waals surface area contributed by atoms with Gasteiger partial charge in [0, 0.05) is 67.5 Å². The summed E-state index contributed by atoms with van der Waals surface area (Å²) in [6.45, 7) is 24.6. The van der Waals surface area contributed by atoms with Crippen molar-refractivity contribution < 1.29 is 62.5 Å². The molecule has 13 heteroatoms. The van der Waals surface area contributed by atoms with Gasteiger partial charge in [-0.1, -0.05) is 169 Å². The summed E-state index contributed by atoms with van der Waals surface area (Å²) in [5.41, 5.74) is 7.75. The summed E-state index contributed by atoms with van der Waals surface area (Å²) >= 11 is 0. The van der Waals surface area contributed by atoms with Crippen LogP contribution in [0.1, 0.15) is 213 Å². The fourth-order valence-corrected chi connectivity index (χ4v) is 13.2. The van der Waals surface area contributed by atoms with Gasteiger partial charge in [-0.05, 0) is 151 Å². The second-order valence-corrected chi connectivity index (χ2v) is 26.5. The van der Waals surface area contributed by atoms with Crippen molar-refractivity contribution >= 4 is 64.1 Å². The number of hydrogen-bond acceptors (Lipinski definition) is 13. The highest BCUT2D eigenvalue weighted by atomic mass is 16.5. The van der Waals surface area contributed by atoms with Crippen LogP contribution >= 0.6 is 0 Å². The van der Waals surface area contributed by atoms with E-state index >= 15 is 0 Å². The first kappa shape index (κ1) is 69.4. The van der Waals surface area contributed by atoms with Crippen molar-refractivity contribution in [1.82, 2.24) is 0 Å². The van der Waals surface area contributed by atoms with E-state index in [0.717, 1.165) is 74.9 Å². The second-order valence-electron chi connectivity index (χ2n) is 26.5. The lowest BCUT2D eigenvalue weighted by molar-refractivity contribution is -0.222. The fourth-order valence-electron chi connectivity index (χ4n) is 13.2. The van der Waals surface area contributed by atoms with Gasteiger partial charge in [0.1, 0.15) is 17.6 Å². The molecule has 3 heterocycles. The van der Waals surface area contributed by atoms with Crippen molar-refractivity contribution in [3.8, 4) is 0 Å². The molecule has 0 radical (unpaired) electrons. The Morgan fingerprint density at radius 1 is 0.548 bits per heavy atom. The van der Waals surface area contributed by atoms with Crippen molar-refractivity contribution in [2.45, 2.75) is 151 Å². The van der Waals surface area contributed by atoms with Crippen LogP contribution in [0.15, 0.2) is 208 Å². The fraction of sp³-hybridized carbons (Fsp3) is 0.325. The zero-order chi connectivity index (χ0) is 67.9. The van der Waals surface area contributed by atoms with Crippen LogP contribution in [0.3, 0.4) is 0 Å². The Labute approximate surface area is 545 Å². The van der Waals surface area contributed by atoms with E-state index in [2.05, 4.69) is 72.8 Å². The topological polar surface area (TPSA) is 209 Å². The first-order valence-corrected chi connectivity index (χ1v) is 31.6. The zero-order valence-electron chi connectivity index (χ0n) is 55.2. The van der Waals surface area contributed by atoms with Gasteiger partial charge in [-0.25, -0.2) is 0 Å². The molecular formula is C80H82O13. The minimum Gasteiger partial charge on any atom is -0.507 e. The van der Waals surface area contributed by atoms with Crippen molar-refractivity contribution in [1.29, 1.82) is 0 Å². The number of ketones is 9. The first-order valence-electron chi connectivity index (χ1n) is 31.6. The lowest BCUT2D eigenvalue weighted by atomic mass is 9.49. The van der Waals surface area contributed by atoms with Gasteiger partial charge in [0.15, 0.2) is 28.7 Å². The zero-order valence-corrected chi connectivity index (χ0v) is 55.2. The number of carbonyl (C=O) groups excluding carboxylic acids is 10. The van der Waals surface area contributed by atoms with Crippen LogP contribution in [0.2, 0.25) is 0 Å². The van der Waals surface area contributed by atoms with Gasteiger partial charge >= 0.3 is 0 Å². The largest absolute Gasteiger partial charge is 0.507 e. The number of rotatable bonds is 11. The minimum atomic E-state index is -1.11. The molecule has 6 aliphatic carbocycles. The summed E-state index contributed by atoms with van der Waals surface area (Å²) in [4.78, 5) is 121. The molecule has 9 aliphatic rings. The maximum atomic E-state index is 13.5. The van der Waals surface area contributed by atoms with E-state index in [4.69, 9.17) is 9.47 Å². The number of aliphatic hydroxyl groups excluding tert-OH is 1. The van der Waals surface area contributed by atoms with Crippen molar-refractivity contribution in [2.75, 3.05) is 0 Å². The Bertz CT molecular complexity index is 4120. The van der Waals surface area contributed by atoms with Crippen LogP contribution in [0, 0.1) is 17.3 Å². The van der Waals surface area contributed by atoms with E-state index in [1.54, 1.807) is 91.0 Å². The van der Waals surface area contributed by atoms with Crippen LogP contribution in [0.5, 0.6) is 0 Å².